The van der Waals surface area contributed by atoms with Gasteiger partial charge in [-0.1, -0.05) is 12.1 Å². The number of likely N-dealkylation sites (tertiary alicyclic amines) is 1. The van der Waals surface area contributed by atoms with Gasteiger partial charge in [-0.3, -0.25) is 19.2 Å². The largest absolute Gasteiger partial charge is 0.508 e. The van der Waals surface area contributed by atoms with E-state index in [1.165, 1.54) is 29.2 Å². The molecule has 4 unspecified atom stereocenters. The van der Waals surface area contributed by atoms with E-state index >= 15 is 0 Å². The Labute approximate surface area is 207 Å². The highest BCUT2D eigenvalue weighted by molar-refractivity contribution is 7.80. The van der Waals surface area contributed by atoms with Crippen LogP contribution in [0.15, 0.2) is 24.3 Å². The van der Waals surface area contributed by atoms with Crippen LogP contribution in [0.4, 0.5) is 0 Å². The maximum absolute atomic E-state index is 12.9. The normalized spacial score (nSPS) is 17.8. The van der Waals surface area contributed by atoms with Gasteiger partial charge in [0, 0.05) is 25.1 Å². The van der Waals surface area contributed by atoms with Crippen LogP contribution in [0.3, 0.4) is 0 Å². The molecule has 4 atom stereocenters. The SMILES string of the molecule is NC(CS)C(=O)N1CCCC1C(=O)NC(CCC(=O)O)C(=O)NC(Cc1ccc(O)cc1)C(=O)O. The summed E-state index contributed by atoms with van der Waals surface area (Å²) in [6.07, 6.45) is 0.0419. The van der Waals surface area contributed by atoms with Crippen molar-refractivity contribution < 1.29 is 39.3 Å². The highest BCUT2D eigenvalue weighted by atomic mass is 32.1. The van der Waals surface area contributed by atoms with Gasteiger partial charge in [-0.15, -0.1) is 0 Å². The standard InChI is InChI=1S/C22H30N4O8S/c23-14(11-35)21(32)26-9-1-2-17(26)20(31)24-15(7-8-18(28)29)19(30)25-16(22(33)34)10-12-3-5-13(27)6-4-12/h3-6,14-17,27,35H,1-2,7-11,23H2,(H,24,31)(H,25,30)(H,28,29)(H,33,34). The van der Waals surface area contributed by atoms with Crippen LogP contribution in [0.2, 0.25) is 0 Å². The molecule has 1 aromatic carbocycles. The van der Waals surface area contributed by atoms with E-state index in [0.717, 1.165) is 0 Å². The minimum atomic E-state index is -1.37. The first-order valence-electron chi connectivity index (χ1n) is 11.0. The van der Waals surface area contributed by atoms with Crippen LogP contribution >= 0.6 is 12.6 Å². The summed E-state index contributed by atoms with van der Waals surface area (Å²) in [5.74, 6) is -4.42. The molecule has 0 saturated carbocycles. The summed E-state index contributed by atoms with van der Waals surface area (Å²) in [6, 6.07) is 1.27. The van der Waals surface area contributed by atoms with Gasteiger partial charge in [0.15, 0.2) is 0 Å². The Morgan fingerprint density at radius 1 is 1.09 bits per heavy atom. The third kappa shape index (κ3) is 8.14. The van der Waals surface area contributed by atoms with Crippen LogP contribution in [0.1, 0.15) is 31.2 Å². The van der Waals surface area contributed by atoms with Gasteiger partial charge in [0.1, 0.15) is 23.9 Å². The lowest BCUT2D eigenvalue weighted by molar-refractivity contribution is -0.143. The first kappa shape index (κ1) is 27.9. The van der Waals surface area contributed by atoms with Crippen molar-refractivity contribution in [3.05, 3.63) is 29.8 Å². The van der Waals surface area contributed by atoms with Crippen LogP contribution in [0.25, 0.3) is 0 Å². The molecule has 0 radical (unpaired) electrons. The molecule has 192 valence electrons. The molecule has 1 saturated heterocycles. The Morgan fingerprint density at radius 3 is 2.31 bits per heavy atom. The van der Waals surface area contributed by atoms with Crippen LogP contribution in [0.5, 0.6) is 5.75 Å². The Hall–Kier alpha value is -3.32. The average Bonchev–Trinajstić information content (AvgIpc) is 3.31. The molecule has 3 amide bonds. The van der Waals surface area contributed by atoms with E-state index in [0.29, 0.717) is 24.9 Å². The highest BCUT2D eigenvalue weighted by Gasteiger charge is 2.37. The minimum Gasteiger partial charge on any atom is -0.508 e. The average molecular weight is 511 g/mol. The Kier molecular flexibility index (Phi) is 10.3. The van der Waals surface area contributed by atoms with E-state index in [-0.39, 0.29) is 24.3 Å². The van der Waals surface area contributed by atoms with Crippen molar-refractivity contribution >= 4 is 42.3 Å². The number of thiol groups is 1. The molecule has 0 aromatic heterocycles. The van der Waals surface area contributed by atoms with E-state index in [9.17, 15) is 34.2 Å². The summed E-state index contributed by atoms with van der Waals surface area (Å²) in [6.45, 7) is 0.304. The maximum Gasteiger partial charge on any atom is 0.326 e. The third-order valence-electron chi connectivity index (χ3n) is 5.62. The zero-order valence-electron chi connectivity index (χ0n) is 18.9. The van der Waals surface area contributed by atoms with Gasteiger partial charge in [0.2, 0.25) is 17.7 Å². The summed E-state index contributed by atoms with van der Waals surface area (Å²) in [4.78, 5) is 62.4. The van der Waals surface area contributed by atoms with E-state index in [1.54, 1.807) is 0 Å². The molecule has 12 nitrogen and oxygen atoms in total. The first-order chi connectivity index (χ1) is 16.5. The molecule has 13 heteroatoms. The highest BCUT2D eigenvalue weighted by Crippen LogP contribution is 2.19. The molecule has 1 aliphatic rings. The predicted molar refractivity (Wildman–Crippen MR) is 127 cm³/mol. The topological polar surface area (TPSA) is 199 Å². The molecule has 1 aliphatic heterocycles. The monoisotopic (exact) mass is 510 g/mol. The summed E-state index contributed by atoms with van der Waals surface area (Å²) in [5.41, 5.74) is 6.28. The van der Waals surface area contributed by atoms with E-state index < -0.39 is 60.2 Å². The van der Waals surface area contributed by atoms with Gasteiger partial charge in [0.05, 0.1) is 6.04 Å². The molecule has 0 aliphatic carbocycles. The number of hydrogen-bond acceptors (Lipinski definition) is 8. The number of phenolic OH excluding ortho intramolecular Hbond substituents is 1. The summed E-state index contributed by atoms with van der Waals surface area (Å²) < 4.78 is 0. The van der Waals surface area contributed by atoms with Gasteiger partial charge >= 0.3 is 11.9 Å². The van der Waals surface area contributed by atoms with Crippen molar-refractivity contribution in [1.29, 1.82) is 0 Å². The van der Waals surface area contributed by atoms with Gasteiger partial charge in [0.25, 0.3) is 0 Å². The fourth-order valence-electron chi connectivity index (χ4n) is 3.74. The molecule has 0 bridgehead atoms. The quantitative estimate of drug-likeness (QED) is 0.174. The maximum atomic E-state index is 12.9. The number of amides is 3. The molecular weight excluding hydrogens is 480 g/mol. The van der Waals surface area contributed by atoms with Crippen molar-refractivity contribution in [3.8, 4) is 5.75 Å². The zero-order chi connectivity index (χ0) is 26.1. The van der Waals surface area contributed by atoms with Crippen molar-refractivity contribution in [1.82, 2.24) is 15.5 Å². The van der Waals surface area contributed by atoms with Gasteiger partial charge in [-0.05, 0) is 37.0 Å². The van der Waals surface area contributed by atoms with Crippen molar-refractivity contribution in [2.24, 2.45) is 5.73 Å². The lowest BCUT2D eigenvalue weighted by atomic mass is 10.0. The second kappa shape index (κ2) is 13.0. The first-order valence-corrected chi connectivity index (χ1v) is 11.7. The fraction of sp³-hybridized carbons (Fsp3) is 0.500. The number of aromatic hydroxyl groups is 1. The lowest BCUT2D eigenvalue weighted by Crippen LogP contribution is -2.57. The molecule has 1 heterocycles. The van der Waals surface area contributed by atoms with Crippen molar-refractivity contribution in [3.63, 3.8) is 0 Å². The smallest absolute Gasteiger partial charge is 0.326 e. The second-order valence-electron chi connectivity index (χ2n) is 8.24. The van der Waals surface area contributed by atoms with Gasteiger partial charge in [-0.25, -0.2) is 4.79 Å². The fourth-order valence-corrected chi connectivity index (χ4v) is 3.90. The lowest BCUT2D eigenvalue weighted by Gasteiger charge is -2.28. The number of nitrogens with zero attached hydrogens (tertiary/aromatic N) is 1. The number of rotatable bonds is 12. The van der Waals surface area contributed by atoms with E-state index in [2.05, 4.69) is 23.3 Å². The Bertz CT molecular complexity index is 942. The molecular formula is C22H30N4O8S. The number of benzene rings is 1. The molecule has 1 aromatic rings. The van der Waals surface area contributed by atoms with Crippen LogP contribution in [-0.2, 0) is 30.4 Å². The van der Waals surface area contributed by atoms with E-state index in [1.807, 2.05) is 0 Å². The molecule has 1 fully saturated rings. The number of hydrogen-bond donors (Lipinski definition) is 7. The molecule has 35 heavy (non-hydrogen) atoms. The molecule has 0 spiro atoms. The number of carboxylic acid groups (broad SMARTS) is 2. The Balaban J connectivity index is 2.13. The number of phenols is 1. The third-order valence-corrected chi connectivity index (χ3v) is 6.02. The number of carbonyl (C=O) groups excluding carboxylic acids is 3. The van der Waals surface area contributed by atoms with Crippen LogP contribution in [0, 0.1) is 0 Å². The van der Waals surface area contributed by atoms with Crippen molar-refractivity contribution in [2.75, 3.05) is 12.3 Å². The number of aliphatic carboxylic acids is 2. The van der Waals surface area contributed by atoms with Gasteiger partial charge < -0.3 is 36.6 Å². The van der Waals surface area contributed by atoms with E-state index in [4.69, 9.17) is 10.8 Å². The summed E-state index contributed by atoms with van der Waals surface area (Å²) in [5, 5.41) is 32.8. The number of nitrogens with two attached hydrogens (primary N) is 1. The number of carboxylic acids is 2. The zero-order valence-corrected chi connectivity index (χ0v) is 19.8. The van der Waals surface area contributed by atoms with Crippen LogP contribution < -0.4 is 16.4 Å². The van der Waals surface area contributed by atoms with Crippen LogP contribution in [-0.4, -0.2) is 86.3 Å². The summed E-state index contributed by atoms with van der Waals surface area (Å²) >= 11 is 4.00. The van der Waals surface area contributed by atoms with Gasteiger partial charge in [-0.2, -0.15) is 12.6 Å². The second-order valence-corrected chi connectivity index (χ2v) is 8.61. The molecule has 2 rings (SSSR count). The van der Waals surface area contributed by atoms with Crippen molar-refractivity contribution in [2.45, 2.75) is 56.3 Å². The molecule has 7 N–H and O–H groups in total. The Morgan fingerprint density at radius 2 is 1.74 bits per heavy atom. The predicted octanol–water partition coefficient (Wildman–Crippen LogP) is -0.898. The minimum absolute atomic E-state index is 0.00382. The summed E-state index contributed by atoms with van der Waals surface area (Å²) in [7, 11) is 0. The number of carbonyl (C=O) groups is 5. The number of nitrogens with one attached hydrogen (secondary N) is 2.